The number of carbonyl (C=O) groups excluding carboxylic acids is 2. The van der Waals surface area contributed by atoms with Crippen LogP contribution in [0.15, 0.2) is 18.2 Å². The van der Waals surface area contributed by atoms with Crippen molar-refractivity contribution in [1.29, 1.82) is 0 Å². The highest BCUT2D eigenvalue weighted by molar-refractivity contribution is 5.96. The van der Waals surface area contributed by atoms with Gasteiger partial charge in [0, 0.05) is 38.2 Å². The zero-order chi connectivity index (χ0) is 15.1. The molecule has 0 atom stereocenters. The molecule has 2 rings (SSSR count). The molecule has 0 aromatic heterocycles. The summed E-state index contributed by atoms with van der Waals surface area (Å²) in [4.78, 5) is 23.5. The lowest BCUT2D eigenvalue weighted by molar-refractivity contribution is -0.120. The van der Waals surface area contributed by atoms with E-state index in [9.17, 15) is 9.59 Å². The van der Waals surface area contributed by atoms with Gasteiger partial charge in [0.1, 0.15) is 0 Å². The van der Waals surface area contributed by atoms with Crippen LogP contribution < -0.4 is 21.3 Å². The van der Waals surface area contributed by atoms with E-state index in [0.29, 0.717) is 25.1 Å². The van der Waals surface area contributed by atoms with Gasteiger partial charge in [0.2, 0.25) is 5.91 Å². The number of hydrogen-bond donors (Lipinski definition) is 4. The van der Waals surface area contributed by atoms with Gasteiger partial charge in [-0.15, -0.1) is 0 Å². The Bertz CT molecular complexity index is 516. The fourth-order valence-corrected chi connectivity index (χ4v) is 2.12. The fourth-order valence-electron chi connectivity index (χ4n) is 2.12. The highest BCUT2D eigenvalue weighted by Crippen LogP contribution is 2.25. The summed E-state index contributed by atoms with van der Waals surface area (Å²) in [6.45, 7) is 4.75. The number of carbonyl (C=O) groups is 2. The maximum absolute atomic E-state index is 12.0. The van der Waals surface area contributed by atoms with Gasteiger partial charge >= 0.3 is 0 Å². The molecule has 0 aliphatic carbocycles. The van der Waals surface area contributed by atoms with Gasteiger partial charge in [-0.2, -0.15) is 0 Å². The average molecular weight is 290 g/mol. The second-order valence-corrected chi connectivity index (χ2v) is 4.97. The highest BCUT2D eigenvalue weighted by Gasteiger charge is 2.12. The Hall–Kier alpha value is -2.24. The zero-order valence-electron chi connectivity index (χ0n) is 12.3. The minimum absolute atomic E-state index is 0.0338. The Kier molecular flexibility index (Phi) is 5.43. The van der Waals surface area contributed by atoms with Crippen molar-refractivity contribution in [2.75, 3.05) is 36.8 Å². The van der Waals surface area contributed by atoms with Crippen molar-refractivity contribution in [3.8, 4) is 0 Å². The predicted molar refractivity (Wildman–Crippen MR) is 83.7 cm³/mol. The van der Waals surface area contributed by atoms with Crippen LogP contribution in [0.5, 0.6) is 0 Å². The number of hydrogen-bond acceptors (Lipinski definition) is 4. The lowest BCUT2D eigenvalue weighted by Crippen LogP contribution is -2.31. The molecular weight excluding hydrogens is 268 g/mol. The normalized spacial score (nSPS) is 12.6. The molecule has 1 aromatic rings. The molecule has 2 amide bonds. The molecule has 1 aliphatic heterocycles. The van der Waals surface area contributed by atoms with Gasteiger partial charge < -0.3 is 21.3 Å². The van der Waals surface area contributed by atoms with Gasteiger partial charge in [-0.05, 0) is 24.6 Å². The zero-order valence-corrected chi connectivity index (χ0v) is 12.3. The first kappa shape index (κ1) is 15.2. The van der Waals surface area contributed by atoms with E-state index in [1.54, 1.807) is 6.07 Å². The predicted octanol–water partition coefficient (Wildman–Crippen LogP) is 1.17. The number of amides is 2. The summed E-state index contributed by atoms with van der Waals surface area (Å²) in [7, 11) is 0. The molecule has 0 bridgehead atoms. The van der Waals surface area contributed by atoms with Gasteiger partial charge in [0.15, 0.2) is 0 Å². The molecule has 0 unspecified atom stereocenters. The molecule has 6 nitrogen and oxygen atoms in total. The smallest absolute Gasteiger partial charge is 0.251 e. The second kappa shape index (κ2) is 7.52. The molecule has 0 radical (unpaired) electrons. The van der Waals surface area contributed by atoms with Gasteiger partial charge in [-0.3, -0.25) is 9.59 Å². The van der Waals surface area contributed by atoms with Crippen molar-refractivity contribution in [3.05, 3.63) is 23.8 Å². The van der Waals surface area contributed by atoms with Crippen molar-refractivity contribution in [2.24, 2.45) is 0 Å². The largest absolute Gasteiger partial charge is 0.382 e. The van der Waals surface area contributed by atoms with Crippen molar-refractivity contribution < 1.29 is 9.59 Å². The third kappa shape index (κ3) is 4.37. The summed E-state index contributed by atoms with van der Waals surface area (Å²) >= 11 is 0. The van der Waals surface area contributed by atoms with E-state index >= 15 is 0 Å². The summed E-state index contributed by atoms with van der Waals surface area (Å²) in [5.41, 5.74) is 2.55. The third-order valence-corrected chi connectivity index (χ3v) is 3.25. The van der Waals surface area contributed by atoms with Crippen LogP contribution in [0.4, 0.5) is 11.4 Å². The third-order valence-electron chi connectivity index (χ3n) is 3.25. The van der Waals surface area contributed by atoms with Crippen molar-refractivity contribution in [3.63, 3.8) is 0 Å². The highest BCUT2D eigenvalue weighted by atomic mass is 16.2. The molecular formula is C15H22N4O2. The molecule has 0 fully saturated rings. The van der Waals surface area contributed by atoms with Crippen LogP contribution in [0, 0.1) is 0 Å². The van der Waals surface area contributed by atoms with Crippen molar-refractivity contribution >= 4 is 23.2 Å². The van der Waals surface area contributed by atoms with Crippen LogP contribution in [0.1, 0.15) is 30.1 Å². The lowest BCUT2D eigenvalue weighted by atomic mass is 10.1. The van der Waals surface area contributed by atoms with Crippen LogP contribution in [0.2, 0.25) is 0 Å². The second-order valence-electron chi connectivity index (χ2n) is 4.97. The van der Waals surface area contributed by atoms with E-state index in [2.05, 4.69) is 21.3 Å². The van der Waals surface area contributed by atoms with Crippen LogP contribution in [-0.4, -0.2) is 38.0 Å². The van der Waals surface area contributed by atoms with Crippen LogP contribution in [0.3, 0.4) is 0 Å². The first-order valence-corrected chi connectivity index (χ1v) is 7.37. The summed E-state index contributed by atoms with van der Waals surface area (Å²) in [6, 6.07) is 5.50. The maximum atomic E-state index is 12.0. The Balaban J connectivity index is 1.82. The molecule has 1 aromatic carbocycles. The fraction of sp³-hybridized carbons (Fsp3) is 0.467. The monoisotopic (exact) mass is 290 g/mol. The van der Waals surface area contributed by atoms with Gasteiger partial charge in [0.25, 0.3) is 5.91 Å². The topological polar surface area (TPSA) is 82.3 Å². The SMILES string of the molecule is CCCNC(=O)CCNC(=O)c1ccc2c(c1)NCCN2. The molecule has 1 aliphatic rings. The molecule has 114 valence electrons. The molecule has 0 spiro atoms. The summed E-state index contributed by atoms with van der Waals surface area (Å²) in [5, 5.41) is 12.1. The number of fused-ring (bicyclic) bond motifs is 1. The summed E-state index contributed by atoms with van der Waals surface area (Å²) in [5.74, 6) is -0.193. The van der Waals surface area contributed by atoms with Crippen LogP contribution >= 0.6 is 0 Å². The first-order chi connectivity index (χ1) is 10.2. The van der Waals surface area contributed by atoms with Crippen molar-refractivity contribution in [2.45, 2.75) is 19.8 Å². The van der Waals surface area contributed by atoms with E-state index in [0.717, 1.165) is 30.9 Å². The molecule has 1 heterocycles. The molecule has 4 N–H and O–H groups in total. The standard InChI is InChI=1S/C15H22N4O2/c1-2-6-18-14(20)5-7-19-15(21)11-3-4-12-13(10-11)17-9-8-16-12/h3-4,10,16-17H,2,5-9H2,1H3,(H,18,20)(H,19,21). The number of benzene rings is 1. The Morgan fingerprint density at radius 3 is 2.62 bits per heavy atom. The summed E-state index contributed by atoms with van der Waals surface area (Å²) in [6.07, 6.45) is 1.21. The van der Waals surface area contributed by atoms with E-state index in [1.165, 1.54) is 0 Å². The van der Waals surface area contributed by atoms with E-state index in [-0.39, 0.29) is 11.8 Å². The first-order valence-electron chi connectivity index (χ1n) is 7.37. The quantitative estimate of drug-likeness (QED) is 0.634. The summed E-state index contributed by atoms with van der Waals surface area (Å²) < 4.78 is 0. The Labute approximate surface area is 124 Å². The molecule has 21 heavy (non-hydrogen) atoms. The maximum Gasteiger partial charge on any atom is 0.251 e. The van der Waals surface area contributed by atoms with E-state index < -0.39 is 0 Å². The number of rotatable bonds is 6. The van der Waals surface area contributed by atoms with E-state index in [4.69, 9.17) is 0 Å². The van der Waals surface area contributed by atoms with Crippen molar-refractivity contribution in [1.82, 2.24) is 10.6 Å². The van der Waals surface area contributed by atoms with E-state index in [1.807, 2.05) is 19.1 Å². The molecule has 0 saturated heterocycles. The number of anilines is 2. The lowest BCUT2D eigenvalue weighted by Gasteiger charge is -2.20. The average Bonchev–Trinajstić information content (AvgIpc) is 2.52. The van der Waals surface area contributed by atoms with Gasteiger partial charge in [-0.25, -0.2) is 0 Å². The minimum Gasteiger partial charge on any atom is -0.382 e. The minimum atomic E-state index is -0.159. The molecule has 6 heteroatoms. The Morgan fingerprint density at radius 2 is 1.86 bits per heavy atom. The van der Waals surface area contributed by atoms with Crippen LogP contribution in [0.25, 0.3) is 0 Å². The Morgan fingerprint density at radius 1 is 1.10 bits per heavy atom. The van der Waals surface area contributed by atoms with Crippen LogP contribution in [-0.2, 0) is 4.79 Å². The molecule has 0 saturated carbocycles. The number of nitrogens with one attached hydrogen (secondary N) is 4. The van der Waals surface area contributed by atoms with Gasteiger partial charge in [-0.1, -0.05) is 6.92 Å². The van der Waals surface area contributed by atoms with Gasteiger partial charge in [0.05, 0.1) is 11.4 Å².